The fraction of sp³-hybridized carbons (Fsp3) is 0.205. The second-order valence-corrected chi connectivity index (χ2v) is 32.1. The molecule has 10 aromatic carbocycles. The van der Waals surface area contributed by atoms with E-state index in [9.17, 15) is 73.9 Å². The minimum atomic E-state index is -5.13. The molecule has 8 N–H and O–H groups in total. The Kier molecular flexibility index (Phi) is 28.0. The van der Waals surface area contributed by atoms with E-state index in [-0.39, 0.29) is 94.5 Å². The van der Waals surface area contributed by atoms with E-state index in [0.29, 0.717) is 98.7 Å². The fourth-order valence-corrected chi connectivity index (χ4v) is 15.1. The Balaban J connectivity index is 0.000000136. The van der Waals surface area contributed by atoms with Crippen LogP contribution in [0.15, 0.2) is 225 Å². The topological polar surface area (TPSA) is 359 Å². The highest BCUT2D eigenvalue weighted by Crippen LogP contribution is 2.48. The smallest absolute Gasteiger partial charge is 0.411 e. The van der Waals surface area contributed by atoms with Crippen LogP contribution in [0.4, 0.5) is 89.9 Å². The number of ether oxygens (including phenoxy) is 10. The molecule has 18 rings (SSSR count). The second kappa shape index (κ2) is 39.6. The Hall–Kier alpha value is -12.8. The summed E-state index contributed by atoms with van der Waals surface area (Å²) < 4.78 is 199. The first-order chi connectivity index (χ1) is 62.6. The van der Waals surface area contributed by atoms with Crippen molar-refractivity contribution in [3.63, 3.8) is 0 Å². The van der Waals surface area contributed by atoms with E-state index in [1.54, 1.807) is 97.1 Å². The van der Waals surface area contributed by atoms with Gasteiger partial charge in [0.15, 0.2) is 93.7 Å². The summed E-state index contributed by atoms with van der Waals surface area (Å²) >= 11 is 12.6. The van der Waals surface area contributed by atoms with Crippen molar-refractivity contribution in [2.75, 3.05) is 87.3 Å². The normalized spacial score (nSPS) is 16.2. The van der Waals surface area contributed by atoms with Gasteiger partial charge in [-0.25, -0.2) is 57.4 Å². The molecule has 0 saturated carbocycles. The molecule has 0 unspecified atom stereocenters. The minimum Gasteiger partial charge on any atom is -0.486 e. The van der Waals surface area contributed by atoms with Gasteiger partial charge in [0.2, 0.25) is 10.8 Å². The summed E-state index contributed by atoms with van der Waals surface area (Å²) in [6.45, 7) is -4.24. The summed E-state index contributed by atoms with van der Waals surface area (Å²) in [5.41, 5.74) is -4.35. The highest BCUT2D eigenvalue weighted by Gasteiger charge is 2.64. The Morgan fingerprint density at radius 1 is 0.346 bits per heavy atom. The summed E-state index contributed by atoms with van der Waals surface area (Å²) in [5.74, 6) is -0.709. The molecule has 4 aliphatic heterocycles. The molecule has 0 fully saturated rings. The number of halogens is 14. The average molecular weight is 2060 g/mol. The van der Waals surface area contributed by atoms with Crippen LogP contribution >= 0.6 is 63.7 Å². The number of aliphatic hydroxyl groups is 4. The molecule has 28 nitrogen and oxygen atoms in total. The summed E-state index contributed by atoms with van der Waals surface area (Å²) in [6.07, 6.45) is -7.66. The number of anilines is 8. The lowest BCUT2D eigenvalue weighted by molar-refractivity contribution is -0.219. The number of fused-ring (bicyclic) bond motifs is 8. The van der Waals surface area contributed by atoms with E-state index in [1.807, 2.05) is 0 Å². The molecular weight excluding hydrogens is 1990 g/mol. The van der Waals surface area contributed by atoms with Crippen molar-refractivity contribution < 1.29 is 121 Å². The summed E-state index contributed by atoms with van der Waals surface area (Å²) in [7, 11) is 0. The van der Waals surface area contributed by atoms with E-state index in [1.165, 1.54) is 86.0 Å². The number of carbonyl (C=O) groups excluding carboxylic acids is 2. The standard InChI is InChI=1S/2C27H20BrF4N3O5.2C17H13BrFN3O3/c2*28-18-7-4-8-19(23(18)29)35-24-17-9-22-21(10-20(17)33-14-34-24)38-11-16(40-22)12-39-25(37)26(13-36,27(30,31)32)15-5-2-1-3-6-15;2*18-11-2-1-3-12(16(11)19)22-17-10-4-15-14(5-13(10)20-8-21-17)24-7-9(6-23)25-15/h2*1-10,14,16,36H,11-13H2,(H,33,34,35);2*1-5,8-9,23H,6-7H2,(H,20,21,22)/t16-,26+;16-,26-;2*9-/m1010/s1. The van der Waals surface area contributed by atoms with Gasteiger partial charge in [-0.3, -0.25) is 9.59 Å². The van der Waals surface area contributed by atoms with E-state index in [4.69, 9.17) is 47.4 Å². The van der Waals surface area contributed by atoms with Gasteiger partial charge in [-0.05, 0) is 148 Å². The highest BCUT2D eigenvalue weighted by molar-refractivity contribution is 9.11. The zero-order valence-corrected chi connectivity index (χ0v) is 72.9. The van der Waals surface area contributed by atoms with E-state index < -0.39 is 120 Å². The Morgan fingerprint density at radius 3 is 0.846 bits per heavy atom. The monoisotopic (exact) mass is 2050 g/mol. The van der Waals surface area contributed by atoms with Crippen LogP contribution in [0.3, 0.4) is 0 Å². The molecule has 130 heavy (non-hydrogen) atoms. The average Bonchev–Trinajstić information content (AvgIpc) is 0.753. The Morgan fingerprint density at radius 2 is 0.600 bits per heavy atom. The predicted molar refractivity (Wildman–Crippen MR) is 466 cm³/mol. The molecule has 672 valence electrons. The van der Waals surface area contributed by atoms with Crippen molar-refractivity contribution >= 4 is 165 Å². The maximum atomic E-state index is 14.5. The van der Waals surface area contributed by atoms with Crippen LogP contribution in [0.1, 0.15) is 11.1 Å². The number of hydrogen-bond acceptors (Lipinski definition) is 28. The predicted octanol–water partition coefficient (Wildman–Crippen LogP) is 17.7. The molecule has 0 aliphatic carbocycles. The zero-order valence-electron chi connectivity index (χ0n) is 66.6. The fourth-order valence-electron chi connectivity index (χ4n) is 13.6. The van der Waals surface area contributed by atoms with Gasteiger partial charge in [0.05, 0.1) is 89.1 Å². The Bertz CT molecular complexity index is 6160. The van der Waals surface area contributed by atoms with Crippen molar-refractivity contribution in [1.29, 1.82) is 0 Å². The molecule has 0 saturated heterocycles. The van der Waals surface area contributed by atoms with Crippen molar-refractivity contribution in [1.82, 2.24) is 39.9 Å². The van der Waals surface area contributed by atoms with Crippen LogP contribution < -0.4 is 59.2 Å². The van der Waals surface area contributed by atoms with Gasteiger partial charge in [-0.15, -0.1) is 0 Å². The van der Waals surface area contributed by atoms with Crippen molar-refractivity contribution in [3.8, 4) is 46.0 Å². The molecule has 6 atom stereocenters. The van der Waals surface area contributed by atoms with Gasteiger partial charge in [0.25, 0.3) is 0 Å². The first-order valence-corrected chi connectivity index (χ1v) is 42.0. The first-order valence-electron chi connectivity index (χ1n) is 38.8. The number of benzene rings is 10. The minimum absolute atomic E-state index is 0.130. The number of carbonyl (C=O) groups is 2. The van der Waals surface area contributed by atoms with E-state index in [0.717, 1.165) is 24.3 Å². The van der Waals surface area contributed by atoms with Gasteiger partial charge >= 0.3 is 24.3 Å². The lowest BCUT2D eigenvalue weighted by Crippen LogP contribution is -2.53. The van der Waals surface area contributed by atoms with E-state index >= 15 is 0 Å². The lowest BCUT2D eigenvalue weighted by atomic mass is 9.80. The third-order valence-electron chi connectivity index (χ3n) is 20.4. The summed E-state index contributed by atoms with van der Waals surface area (Å²) in [4.78, 5) is 59.3. The lowest BCUT2D eigenvalue weighted by Gasteiger charge is -2.33. The van der Waals surface area contributed by atoms with Crippen LogP contribution in [0.5, 0.6) is 46.0 Å². The highest BCUT2D eigenvalue weighted by atomic mass is 79.9. The Labute approximate surface area is 762 Å². The number of hydrogen-bond donors (Lipinski definition) is 8. The van der Waals surface area contributed by atoms with Gasteiger partial charge < -0.3 is 89.1 Å². The molecule has 0 radical (unpaired) electrons. The molecule has 14 aromatic rings. The van der Waals surface area contributed by atoms with Crippen LogP contribution in [0.25, 0.3) is 43.6 Å². The van der Waals surface area contributed by atoms with Gasteiger partial charge in [0, 0.05) is 45.8 Å². The molecular formula is C88H66Br4F10N12O16. The summed E-state index contributed by atoms with van der Waals surface area (Å²) in [5, 5.41) is 52.0. The molecule has 0 bridgehead atoms. The number of esters is 2. The molecule has 4 aromatic heterocycles. The number of alkyl halides is 6. The number of aliphatic hydroxyl groups excluding tert-OH is 4. The van der Waals surface area contributed by atoms with Crippen molar-refractivity contribution in [2.24, 2.45) is 0 Å². The number of nitrogens with one attached hydrogen (secondary N) is 4. The van der Waals surface area contributed by atoms with Crippen LogP contribution in [0, 0.1) is 23.3 Å². The van der Waals surface area contributed by atoms with Crippen molar-refractivity contribution in [2.45, 2.75) is 47.6 Å². The SMILES string of the molecule is O=C(OC[C@@H]1COc2cc3ncnc(Nc4cccc(Br)c4F)c3cc2O1)[C@](CO)(c1ccccc1)C(F)(F)F.O=C(OC[C@H]1COc2cc3ncnc(Nc4cccc(Br)c4F)c3cc2O1)[C@](CO)(c1ccccc1)C(F)(F)F.OC[C@@H]1COc2cc3ncnc(Nc4cccc(Br)c4F)c3cc2O1.OC[C@H]1COc2cc3ncnc(Nc4cccc(Br)c4F)c3cc2O1. The molecule has 0 amide bonds. The maximum Gasteiger partial charge on any atom is 0.411 e. The van der Waals surface area contributed by atoms with Crippen molar-refractivity contribution in [3.05, 3.63) is 260 Å². The molecule has 0 spiro atoms. The molecule has 42 heteroatoms. The molecule has 8 heterocycles. The van der Waals surface area contributed by atoms with Gasteiger partial charge in [-0.2, -0.15) is 26.3 Å². The number of rotatable bonds is 20. The largest absolute Gasteiger partial charge is 0.486 e. The number of aromatic nitrogens is 8. The zero-order chi connectivity index (χ0) is 91.8. The van der Waals surface area contributed by atoms with Crippen LogP contribution in [-0.2, 0) is 29.9 Å². The third kappa shape index (κ3) is 19.5. The summed E-state index contributed by atoms with van der Waals surface area (Å²) in [6, 6.07) is 45.2. The van der Waals surface area contributed by atoms with Gasteiger partial charge in [0.1, 0.15) is 88.2 Å². The second-order valence-electron chi connectivity index (χ2n) is 28.7. The van der Waals surface area contributed by atoms with Crippen LogP contribution in [-0.4, -0.2) is 175 Å². The van der Waals surface area contributed by atoms with Gasteiger partial charge in [-0.1, -0.05) is 84.9 Å². The van der Waals surface area contributed by atoms with E-state index in [2.05, 4.69) is 125 Å². The first kappa shape index (κ1) is 91.9. The van der Waals surface area contributed by atoms with Crippen LogP contribution in [0.2, 0.25) is 0 Å². The molecule has 4 aliphatic rings. The quantitative estimate of drug-likeness (QED) is 0.0259. The third-order valence-corrected chi connectivity index (χ3v) is 22.8. The number of nitrogens with zero attached hydrogens (tertiary/aromatic N) is 8. The maximum absolute atomic E-state index is 14.5.